The molecule has 5 nitrogen and oxygen atoms in total. The van der Waals surface area contributed by atoms with Crippen LogP contribution in [-0.2, 0) is 0 Å². The smallest absolute Gasteiger partial charge is 0.274 e. The summed E-state index contributed by atoms with van der Waals surface area (Å²) in [5, 5.41) is 13.0. The van der Waals surface area contributed by atoms with E-state index in [1.807, 2.05) is 32.0 Å². The van der Waals surface area contributed by atoms with E-state index in [-0.39, 0.29) is 12.2 Å². The van der Waals surface area contributed by atoms with Crippen LogP contribution in [0.5, 0.6) is 0 Å². The van der Waals surface area contributed by atoms with E-state index in [1.165, 1.54) is 24.4 Å². The number of carbonyl (C=O) groups is 1. The maximum atomic E-state index is 13.5. The van der Waals surface area contributed by atoms with Gasteiger partial charge >= 0.3 is 0 Å². The lowest BCUT2D eigenvalue weighted by atomic mass is 10.1. The number of amides is 1. The molecule has 0 bridgehead atoms. The lowest BCUT2D eigenvalue weighted by Gasteiger charge is -2.22. The van der Waals surface area contributed by atoms with Gasteiger partial charge < -0.3 is 10.0 Å². The van der Waals surface area contributed by atoms with E-state index in [0.717, 1.165) is 23.4 Å². The molecule has 0 aliphatic rings. The predicted octanol–water partition coefficient (Wildman–Crippen LogP) is 2.72. The van der Waals surface area contributed by atoms with Gasteiger partial charge in [-0.1, -0.05) is 18.2 Å². The molecule has 2 aromatic rings. The van der Waals surface area contributed by atoms with Crippen molar-refractivity contribution in [3.63, 3.8) is 0 Å². The Bertz CT molecular complexity index is 762. The van der Waals surface area contributed by atoms with E-state index in [2.05, 4.69) is 15.4 Å². The molecule has 0 spiro atoms. The quantitative estimate of drug-likeness (QED) is 0.600. The molecule has 0 saturated heterocycles. The summed E-state index contributed by atoms with van der Waals surface area (Å²) in [6, 6.07) is 11.6. The Morgan fingerprint density at radius 3 is 2.72 bits per heavy atom. The predicted molar refractivity (Wildman–Crippen MR) is 97.6 cm³/mol. The average molecular weight is 343 g/mol. The normalized spacial score (nSPS) is 10.9. The van der Waals surface area contributed by atoms with Crippen LogP contribution in [0.15, 0.2) is 47.6 Å². The monoisotopic (exact) mass is 343 g/mol. The summed E-state index contributed by atoms with van der Waals surface area (Å²) < 4.78 is 13.5. The molecule has 0 atom stereocenters. The topological polar surface area (TPSA) is 64.9 Å². The first kappa shape index (κ1) is 18.6. The van der Waals surface area contributed by atoms with Crippen LogP contribution in [0.3, 0.4) is 0 Å². The Kier molecular flexibility index (Phi) is 6.65. The van der Waals surface area contributed by atoms with Crippen LogP contribution >= 0.6 is 0 Å². The van der Waals surface area contributed by atoms with Gasteiger partial charge in [-0.25, -0.2) is 9.82 Å². The minimum atomic E-state index is -0.594. The molecule has 0 aliphatic heterocycles. The molecule has 2 aromatic carbocycles. The van der Waals surface area contributed by atoms with Crippen molar-refractivity contribution in [3.8, 4) is 0 Å². The minimum absolute atomic E-state index is 0.0469. The van der Waals surface area contributed by atoms with E-state index < -0.39 is 11.7 Å². The van der Waals surface area contributed by atoms with Crippen LogP contribution in [0.1, 0.15) is 28.4 Å². The first-order valence-corrected chi connectivity index (χ1v) is 8.11. The van der Waals surface area contributed by atoms with Crippen molar-refractivity contribution in [1.29, 1.82) is 0 Å². The zero-order valence-corrected chi connectivity index (χ0v) is 14.4. The van der Waals surface area contributed by atoms with Crippen molar-refractivity contribution in [1.82, 2.24) is 5.43 Å². The van der Waals surface area contributed by atoms with Gasteiger partial charge in [-0.05, 0) is 49.2 Å². The summed E-state index contributed by atoms with van der Waals surface area (Å²) in [5.74, 6) is -1.18. The fourth-order valence-electron chi connectivity index (χ4n) is 2.46. The summed E-state index contributed by atoms with van der Waals surface area (Å²) in [4.78, 5) is 14.0. The maximum absolute atomic E-state index is 13.5. The Hall–Kier alpha value is -2.73. The SMILES string of the molecule is CCN(CCO)c1ccc(/C=N\NC(=O)c2ccccc2F)c(C)c1. The molecule has 1 amide bonds. The summed E-state index contributed by atoms with van der Waals surface area (Å²) in [6.07, 6.45) is 1.53. The van der Waals surface area contributed by atoms with Crippen molar-refractivity contribution >= 4 is 17.8 Å². The summed E-state index contributed by atoms with van der Waals surface area (Å²) >= 11 is 0. The molecule has 0 radical (unpaired) electrons. The van der Waals surface area contributed by atoms with E-state index in [4.69, 9.17) is 5.11 Å². The van der Waals surface area contributed by atoms with Gasteiger partial charge in [-0.15, -0.1) is 0 Å². The fraction of sp³-hybridized carbons (Fsp3) is 0.263. The molecular formula is C19H22FN3O2. The summed E-state index contributed by atoms with van der Waals surface area (Å²) in [6.45, 7) is 5.43. The highest BCUT2D eigenvalue weighted by Crippen LogP contribution is 2.18. The third kappa shape index (κ3) is 4.87. The molecule has 132 valence electrons. The fourth-order valence-corrected chi connectivity index (χ4v) is 2.46. The highest BCUT2D eigenvalue weighted by atomic mass is 19.1. The van der Waals surface area contributed by atoms with Crippen LogP contribution in [0.2, 0.25) is 0 Å². The van der Waals surface area contributed by atoms with Gasteiger partial charge in [0.2, 0.25) is 0 Å². The van der Waals surface area contributed by atoms with Gasteiger partial charge in [0.1, 0.15) is 5.82 Å². The molecule has 0 aromatic heterocycles. The zero-order chi connectivity index (χ0) is 18.2. The number of benzene rings is 2. The maximum Gasteiger partial charge on any atom is 0.274 e. The van der Waals surface area contributed by atoms with E-state index in [9.17, 15) is 9.18 Å². The highest BCUT2D eigenvalue weighted by molar-refractivity contribution is 5.95. The third-order valence-corrected chi connectivity index (χ3v) is 3.86. The molecule has 0 fully saturated rings. The van der Waals surface area contributed by atoms with Gasteiger partial charge in [0.05, 0.1) is 18.4 Å². The van der Waals surface area contributed by atoms with E-state index in [0.29, 0.717) is 6.54 Å². The number of nitrogens with one attached hydrogen (secondary N) is 1. The number of halogens is 1. The number of hydrogen-bond acceptors (Lipinski definition) is 4. The number of aliphatic hydroxyl groups excluding tert-OH is 1. The number of hydrogen-bond donors (Lipinski definition) is 2. The molecule has 2 N–H and O–H groups in total. The number of nitrogens with zero attached hydrogens (tertiary/aromatic N) is 2. The van der Waals surface area contributed by atoms with E-state index in [1.54, 1.807) is 6.07 Å². The van der Waals surface area contributed by atoms with Crippen LogP contribution in [0, 0.1) is 12.7 Å². The second kappa shape index (κ2) is 8.94. The van der Waals surface area contributed by atoms with Gasteiger partial charge in [0, 0.05) is 18.8 Å². The van der Waals surface area contributed by atoms with Crippen LogP contribution in [0.4, 0.5) is 10.1 Å². The average Bonchev–Trinajstić information content (AvgIpc) is 2.61. The Labute approximate surface area is 146 Å². The molecular weight excluding hydrogens is 321 g/mol. The molecule has 25 heavy (non-hydrogen) atoms. The summed E-state index contributed by atoms with van der Waals surface area (Å²) in [5.41, 5.74) is 5.13. The molecule has 2 rings (SSSR count). The van der Waals surface area contributed by atoms with Gasteiger partial charge in [0.15, 0.2) is 0 Å². The number of likely N-dealkylation sites (N-methyl/N-ethyl adjacent to an activating group) is 1. The van der Waals surface area contributed by atoms with Gasteiger partial charge in [-0.3, -0.25) is 4.79 Å². The third-order valence-electron chi connectivity index (χ3n) is 3.86. The van der Waals surface area contributed by atoms with Gasteiger partial charge in [0.25, 0.3) is 5.91 Å². The second-order valence-electron chi connectivity index (χ2n) is 5.52. The largest absolute Gasteiger partial charge is 0.395 e. The van der Waals surface area contributed by atoms with E-state index >= 15 is 0 Å². The van der Waals surface area contributed by atoms with Crippen molar-refractivity contribution in [2.75, 3.05) is 24.6 Å². The van der Waals surface area contributed by atoms with Crippen LogP contribution < -0.4 is 10.3 Å². The zero-order valence-electron chi connectivity index (χ0n) is 14.4. The molecule has 0 heterocycles. The van der Waals surface area contributed by atoms with Crippen molar-refractivity contribution < 1.29 is 14.3 Å². The number of hydrazone groups is 1. The number of rotatable bonds is 7. The lowest BCUT2D eigenvalue weighted by Crippen LogP contribution is -2.26. The lowest BCUT2D eigenvalue weighted by molar-refractivity contribution is 0.0951. The number of anilines is 1. The summed E-state index contributed by atoms with van der Waals surface area (Å²) in [7, 11) is 0. The Balaban J connectivity index is 2.06. The Morgan fingerprint density at radius 1 is 1.32 bits per heavy atom. The van der Waals surface area contributed by atoms with Crippen molar-refractivity contribution in [2.24, 2.45) is 5.10 Å². The first-order valence-electron chi connectivity index (χ1n) is 8.11. The minimum Gasteiger partial charge on any atom is -0.395 e. The van der Waals surface area contributed by atoms with Gasteiger partial charge in [-0.2, -0.15) is 5.10 Å². The molecule has 0 unspecified atom stereocenters. The van der Waals surface area contributed by atoms with Crippen molar-refractivity contribution in [2.45, 2.75) is 13.8 Å². The Morgan fingerprint density at radius 2 is 2.08 bits per heavy atom. The number of aryl methyl sites for hydroxylation is 1. The number of aliphatic hydroxyl groups is 1. The molecule has 0 aliphatic carbocycles. The first-order chi connectivity index (χ1) is 12.1. The van der Waals surface area contributed by atoms with Crippen LogP contribution in [-0.4, -0.2) is 36.9 Å². The molecule has 6 heteroatoms. The highest BCUT2D eigenvalue weighted by Gasteiger charge is 2.09. The second-order valence-corrected chi connectivity index (χ2v) is 5.52. The van der Waals surface area contributed by atoms with Crippen molar-refractivity contribution in [3.05, 3.63) is 65.0 Å². The number of carbonyl (C=O) groups excluding carboxylic acids is 1. The standard InChI is InChI=1S/C19H22FN3O2/c1-3-23(10-11-24)16-9-8-15(14(2)12-16)13-21-22-19(25)17-6-4-5-7-18(17)20/h4-9,12-13,24H,3,10-11H2,1-2H3,(H,22,25)/b21-13-. The van der Waals surface area contributed by atoms with Crippen LogP contribution in [0.25, 0.3) is 0 Å². The molecule has 0 saturated carbocycles.